The zero-order valence-electron chi connectivity index (χ0n) is 16.7. The average Bonchev–Trinajstić information content (AvgIpc) is 3.22. The van der Waals surface area contributed by atoms with Crippen molar-refractivity contribution in [2.24, 2.45) is 4.99 Å². The fraction of sp³-hybridized carbons (Fsp3) is 0.550. The van der Waals surface area contributed by atoms with Crippen LogP contribution in [0.15, 0.2) is 29.3 Å². The summed E-state index contributed by atoms with van der Waals surface area (Å²) in [4.78, 5) is 4.30. The number of nitrogens with zero attached hydrogens (tertiary/aromatic N) is 4. The Hall–Kier alpha value is -1.64. The Balaban J connectivity index is 0.00000261. The lowest BCUT2D eigenvalue weighted by Gasteiger charge is -2.19. The van der Waals surface area contributed by atoms with Gasteiger partial charge in [0.15, 0.2) is 11.8 Å². The molecule has 2 aromatic rings. The van der Waals surface area contributed by atoms with E-state index in [4.69, 9.17) is 0 Å². The average molecular weight is 482 g/mol. The molecule has 0 atom stereocenters. The minimum Gasteiger partial charge on any atom is -0.356 e. The SMILES string of the molecule is CN=C(NCCc1ccc(C(C)(C)C)cc1)NCc1nnc2n1CCC2.I. The summed E-state index contributed by atoms with van der Waals surface area (Å²) in [5.41, 5.74) is 2.90. The second-order valence-corrected chi connectivity index (χ2v) is 7.84. The lowest BCUT2D eigenvalue weighted by atomic mass is 9.86. The van der Waals surface area contributed by atoms with Crippen molar-refractivity contribution >= 4 is 29.9 Å². The van der Waals surface area contributed by atoms with Crippen molar-refractivity contribution in [3.8, 4) is 0 Å². The van der Waals surface area contributed by atoms with E-state index >= 15 is 0 Å². The van der Waals surface area contributed by atoms with Crippen LogP contribution in [-0.2, 0) is 31.3 Å². The molecule has 3 rings (SSSR count). The maximum atomic E-state index is 4.30. The molecule has 1 aromatic heterocycles. The summed E-state index contributed by atoms with van der Waals surface area (Å²) in [5, 5.41) is 15.2. The van der Waals surface area contributed by atoms with E-state index < -0.39 is 0 Å². The van der Waals surface area contributed by atoms with E-state index in [9.17, 15) is 0 Å². The molecule has 0 unspecified atom stereocenters. The first-order chi connectivity index (χ1) is 12.5. The van der Waals surface area contributed by atoms with Crippen LogP contribution in [0.5, 0.6) is 0 Å². The molecule has 1 aromatic carbocycles. The van der Waals surface area contributed by atoms with Gasteiger partial charge >= 0.3 is 0 Å². The van der Waals surface area contributed by atoms with Gasteiger partial charge in [-0.2, -0.15) is 0 Å². The van der Waals surface area contributed by atoms with Gasteiger partial charge in [-0.05, 0) is 29.4 Å². The molecule has 0 radical (unpaired) electrons. The molecule has 1 aliphatic rings. The number of hydrogen-bond acceptors (Lipinski definition) is 3. The van der Waals surface area contributed by atoms with Gasteiger partial charge in [-0.3, -0.25) is 4.99 Å². The van der Waals surface area contributed by atoms with E-state index in [0.29, 0.717) is 6.54 Å². The number of aromatic nitrogens is 3. The summed E-state index contributed by atoms with van der Waals surface area (Å²) in [6.07, 6.45) is 3.16. The normalized spacial score (nSPS) is 13.9. The fourth-order valence-corrected chi connectivity index (χ4v) is 3.22. The predicted molar refractivity (Wildman–Crippen MR) is 121 cm³/mol. The van der Waals surface area contributed by atoms with E-state index in [1.807, 2.05) is 0 Å². The van der Waals surface area contributed by atoms with Crippen LogP contribution in [0.2, 0.25) is 0 Å². The maximum Gasteiger partial charge on any atom is 0.191 e. The molecule has 0 bridgehead atoms. The summed E-state index contributed by atoms with van der Waals surface area (Å²) < 4.78 is 2.21. The van der Waals surface area contributed by atoms with E-state index in [1.165, 1.54) is 17.5 Å². The van der Waals surface area contributed by atoms with Crippen LogP contribution in [0, 0.1) is 0 Å². The van der Waals surface area contributed by atoms with Crippen molar-refractivity contribution < 1.29 is 0 Å². The standard InChI is InChI=1S/C20H30N6.HI/c1-20(2,3)16-9-7-15(8-10-16)11-12-22-19(21-4)23-14-18-25-24-17-6-5-13-26(17)18;/h7-10H,5-6,11-14H2,1-4H3,(H2,21,22,23);1H. The van der Waals surface area contributed by atoms with Crippen LogP contribution in [0.3, 0.4) is 0 Å². The number of hydrogen-bond donors (Lipinski definition) is 2. The molecular formula is C20H31IN6. The molecular weight excluding hydrogens is 451 g/mol. The largest absolute Gasteiger partial charge is 0.356 e. The molecule has 0 amide bonds. The number of halogens is 1. The topological polar surface area (TPSA) is 67.1 Å². The van der Waals surface area contributed by atoms with Crippen LogP contribution in [0.25, 0.3) is 0 Å². The first-order valence-electron chi connectivity index (χ1n) is 9.42. The molecule has 0 saturated heterocycles. The van der Waals surface area contributed by atoms with Crippen molar-refractivity contribution in [2.75, 3.05) is 13.6 Å². The Morgan fingerprint density at radius 2 is 1.89 bits per heavy atom. The molecule has 0 aliphatic carbocycles. The second-order valence-electron chi connectivity index (χ2n) is 7.84. The number of aliphatic imine (C=N–C) groups is 1. The van der Waals surface area contributed by atoms with Crippen molar-refractivity contribution in [1.82, 2.24) is 25.4 Å². The van der Waals surface area contributed by atoms with Gasteiger partial charge in [0.05, 0.1) is 6.54 Å². The minimum absolute atomic E-state index is 0. The molecule has 0 fully saturated rings. The Kier molecular flexibility index (Phi) is 7.64. The number of benzene rings is 1. The number of nitrogens with one attached hydrogen (secondary N) is 2. The third kappa shape index (κ3) is 5.67. The van der Waals surface area contributed by atoms with Gasteiger partial charge < -0.3 is 15.2 Å². The number of fused-ring (bicyclic) bond motifs is 1. The molecule has 1 aliphatic heterocycles. The van der Waals surface area contributed by atoms with E-state index in [1.54, 1.807) is 7.05 Å². The Morgan fingerprint density at radius 1 is 1.15 bits per heavy atom. The number of rotatable bonds is 5. The van der Waals surface area contributed by atoms with Gasteiger partial charge in [-0.15, -0.1) is 34.2 Å². The lowest BCUT2D eigenvalue weighted by molar-refractivity contribution is 0.590. The van der Waals surface area contributed by atoms with Crippen molar-refractivity contribution in [1.29, 1.82) is 0 Å². The van der Waals surface area contributed by atoms with Gasteiger partial charge in [-0.1, -0.05) is 45.0 Å². The van der Waals surface area contributed by atoms with E-state index in [0.717, 1.165) is 43.5 Å². The molecule has 0 spiro atoms. The quantitative estimate of drug-likeness (QED) is 0.391. The Morgan fingerprint density at radius 3 is 2.56 bits per heavy atom. The smallest absolute Gasteiger partial charge is 0.191 e. The molecule has 0 saturated carbocycles. The molecule has 2 heterocycles. The maximum absolute atomic E-state index is 4.30. The minimum atomic E-state index is 0. The van der Waals surface area contributed by atoms with Crippen LogP contribution < -0.4 is 10.6 Å². The molecule has 148 valence electrons. The summed E-state index contributed by atoms with van der Waals surface area (Å²) in [7, 11) is 1.79. The highest BCUT2D eigenvalue weighted by molar-refractivity contribution is 14.0. The first kappa shape index (κ1) is 21.7. The Labute approximate surface area is 179 Å². The van der Waals surface area contributed by atoms with Crippen molar-refractivity contribution in [3.63, 3.8) is 0 Å². The number of guanidine groups is 1. The van der Waals surface area contributed by atoms with Gasteiger partial charge in [-0.25, -0.2) is 0 Å². The zero-order valence-corrected chi connectivity index (χ0v) is 19.1. The van der Waals surface area contributed by atoms with E-state index in [-0.39, 0.29) is 29.4 Å². The van der Waals surface area contributed by atoms with Gasteiger partial charge in [0.25, 0.3) is 0 Å². The molecule has 6 nitrogen and oxygen atoms in total. The summed E-state index contributed by atoms with van der Waals surface area (Å²) in [5.74, 6) is 2.88. The first-order valence-corrected chi connectivity index (χ1v) is 9.42. The van der Waals surface area contributed by atoms with Crippen molar-refractivity contribution in [3.05, 3.63) is 47.0 Å². The van der Waals surface area contributed by atoms with Gasteiger partial charge in [0.1, 0.15) is 5.82 Å². The monoisotopic (exact) mass is 482 g/mol. The lowest BCUT2D eigenvalue weighted by Crippen LogP contribution is -2.38. The molecule has 27 heavy (non-hydrogen) atoms. The number of aryl methyl sites for hydroxylation is 1. The van der Waals surface area contributed by atoms with E-state index in [2.05, 4.69) is 75.4 Å². The van der Waals surface area contributed by atoms with Crippen LogP contribution in [-0.4, -0.2) is 34.3 Å². The highest BCUT2D eigenvalue weighted by atomic mass is 127. The molecule has 7 heteroatoms. The predicted octanol–water partition coefficient (Wildman–Crippen LogP) is 3.05. The highest BCUT2D eigenvalue weighted by Crippen LogP contribution is 2.22. The van der Waals surface area contributed by atoms with Gasteiger partial charge in [0.2, 0.25) is 0 Å². The summed E-state index contributed by atoms with van der Waals surface area (Å²) >= 11 is 0. The highest BCUT2D eigenvalue weighted by Gasteiger charge is 2.17. The molecule has 2 N–H and O–H groups in total. The van der Waals surface area contributed by atoms with Crippen molar-refractivity contribution in [2.45, 2.75) is 58.5 Å². The van der Waals surface area contributed by atoms with Crippen LogP contribution in [0.4, 0.5) is 0 Å². The summed E-state index contributed by atoms with van der Waals surface area (Å²) in [6.45, 7) is 9.23. The fourth-order valence-electron chi connectivity index (χ4n) is 3.22. The van der Waals surface area contributed by atoms with Gasteiger partial charge in [0, 0.05) is 26.6 Å². The third-order valence-electron chi connectivity index (χ3n) is 4.85. The zero-order chi connectivity index (χ0) is 18.6. The summed E-state index contributed by atoms with van der Waals surface area (Å²) in [6, 6.07) is 8.90. The second kappa shape index (κ2) is 9.52. The Bertz CT molecular complexity index is 758. The third-order valence-corrected chi connectivity index (χ3v) is 4.85. The van der Waals surface area contributed by atoms with Crippen LogP contribution >= 0.6 is 24.0 Å². The van der Waals surface area contributed by atoms with Crippen LogP contribution in [0.1, 0.15) is 50.0 Å².